The van der Waals surface area contributed by atoms with Crippen LogP contribution in [0.1, 0.15) is 18.2 Å². The molecule has 3 heterocycles. The van der Waals surface area contributed by atoms with Crippen molar-refractivity contribution in [2.24, 2.45) is 0 Å². The zero-order chi connectivity index (χ0) is 14.8. The molecular formula is C16H14N2O4. The SMILES string of the molecule is c1ccc(Oc2ccc(-c3nc([C@H]4CCOC4)no3)o2)cc1. The van der Waals surface area contributed by atoms with E-state index < -0.39 is 0 Å². The van der Waals surface area contributed by atoms with Gasteiger partial charge in [-0.1, -0.05) is 23.4 Å². The van der Waals surface area contributed by atoms with Crippen LogP contribution in [-0.2, 0) is 4.74 Å². The number of ether oxygens (including phenoxy) is 2. The van der Waals surface area contributed by atoms with E-state index in [0.29, 0.717) is 35.8 Å². The summed E-state index contributed by atoms with van der Waals surface area (Å²) >= 11 is 0. The summed E-state index contributed by atoms with van der Waals surface area (Å²) < 4.78 is 21.8. The first-order chi connectivity index (χ1) is 10.9. The molecule has 1 aliphatic heterocycles. The predicted octanol–water partition coefficient (Wildman–Crippen LogP) is 3.63. The Morgan fingerprint density at radius 2 is 2.00 bits per heavy atom. The lowest BCUT2D eigenvalue weighted by molar-refractivity contribution is 0.192. The number of hydrogen-bond donors (Lipinski definition) is 0. The number of benzene rings is 1. The molecule has 0 aliphatic carbocycles. The van der Waals surface area contributed by atoms with Crippen LogP contribution in [0.15, 0.2) is 51.4 Å². The van der Waals surface area contributed by atoms with E-state index in [0.717, 1.165) is 13.0 Å². The highest BCUT2D eigenvalue weighted by Gasteiger charge is 2.24. The number of aromatic nitrogens is 2. The average Bonchev–Trinajstić information content (AvgIpc) is 3.29. The van der Waals surface area contributed by atoms with Crippen molar-refractivity contribution >= 4 is 0 Å². The van der Waals surface area contributed by atoms with Crippen molar-refractivity contribution in [2.45, 2.75) is 12.3 Å². The summed E-state index contributed by atoms with van der Waals surface area (Å²) in [4.78, 5) is 4.38. The Bertz CT molecular complexity index is 744. The smallest absolute Gasteiger partial charge is 0.293 e. The molecule has 1 fully saturated rings. The third-order valence-corrected chi connectivity index (χ3v) is 3.49. The first kappa shape index (κ1) is 13.1. The highest BCUT2D eigenvalue weighted by atomic mass is 16.6. The van der Waals surface area contributed by atoms with E-state index in [1.165, 1.54) is 0 Å². The molecule has 1 saturated heterocycles. The van der Waals surface area contributed by atoms with Crippen molar-refractivity contribution in [2.75, 3.05) is 13.2 Å². The van der Waals surface area contributed by atoms with Crippen molar-refractivity contribution in [3.8, 4) is 23.3 Å². The molecule has 1 aromatic carbocycles. The Hall–Kier alpha value is -2.60. The normalized spacial score (nSPS) is 17.7. The molecule has 0 bridgehead atoms. The number of furan rings is 1. The Morgan fingerprint density at radius 1 is 1.09 bits per heavy atom. The van der Waals surface area contributed by atoms with E-state index in [1.54, 1.807) is 12.1 Å². The molecule has 4 rings (SSSR count). The summed E-state index contributed by atoms with van der Waals surface area (Å²) in [5.74, 6) is 2.79. The van der Waals surface area contributed by atoms with Crippen LogP contribution in [0.25, 0.3) is 11.7 Å². The summed E-state index contributed by atoms with van der Waals surface area (Å²) in [7, 11) is 0. The molecule has 0 saturated carbocycles. The van der Waals surface area contributed by atoms with Crippen LogP contribution in [0, 0.1) is 0 Å². The average molecular weight is 298 g/mol. The van der Waals surface area contributed by atoms with Crippen LogP contribution in [0.5, 0.6) is 11.7 Å². The lowest BCUT2D eigenvalue weighted by Gasteiger charge is -2.00. The zero-order valence-electron chi connectivity index (χ0n) is 11.8. The van der Waals surface area contributed by atoms with E-state index in [1.807, 2.05) is 30.3 Å². The molecular weight excluding hydrogens is 284 g/mol. The van der Waals surface area contributed by atoms with Gasteiger partial charge in [-0.2, -0.15) is 4.98 Å². The standard InChI is InChI=1S/C16H14N2O4/c1-2-4-12(5-3-1)20-14-7-6-13(21-14)16-17-15(18-22-16)11-8-9-19-10-11/h1-7,11H,8-10H2/t11-/m0/s1. The first-order valence-corrected chi connectivity index (χ1v) is 7.13. The molecule has 6 nitrogen and oxygen atoms in total. The van der Waals surface area contributed by atoms with Crippen LogP contribution in [0.3, 0.4) is 0 Å². The van der Waals surface area contributed by atoms with Crippen molar-refractivity contribution in [1.29, 1.82) is 0 Å². The number of hydrogen-bond acceptors (Lipinski definition) is 6. The number of nitrogens with zero attached hydrogens (tertiary/aromatic N) is 2. The number of rotatable bonds is 4. The van der Waals surface area contributed by atoms with E-state index >= 15 is 0 Å². The van der Waals surface area contributed by atoms with Crippen LogP contribution in [0.4, 0.5) is 0 Å². The van der Waals surface area contributed by atoms with Crippen molar-refractivity contribution in [1.82, 2.24) is 10.1 Å². The van der Waals surface area contributed by atoms with Gasteiger partial charge in [0.2, 0.25) is 0 Å². The monoisotopic (exact) mass is 298 g/mol. The fraction of sp³-hybridized carbons (Fsp3) is 0.250. The summed E-state index contributed by atoms with van der Waals surface area (Å²) in [6.45, 7) is 1.38. The highest BCUT2D eigenvalue weighted by Crippen LogP contribution is 2.30. The summed E-state index contributed by atoms with van der Waals surface area (Å²) in [5, 5.41) is 4.00. The molecule has 0 spiro atoms. The molecule has 2 aromatic heterocycles. The first-order valence-electron chi connectivity index (χ1n) is 7.13. The van der Waals surface area contributed by atoms with E-state index in [4.69, 9.17) is 18.4 Å². The fourth-order valence-corrected chi connectivity index (χ4v) is 2.33. The molecule has 0 N–H and O–H groups in total. The van der Waals surface area contributed by atoms with Crippen LogP contribution >= 0.6 is 0 Å². The minimum Gasteiger partial charge on any atom is -0.426 e. The van der Waals surface area contributed by atoms with Gasteiger partial charge in [-0.05, 0) is 24.6 Å². The summed E-state index contributed by atoms with van der Waals surface area (Å²) in [6.07, 6.45) is 0.916. The molecule has 0 amide bonds. The van der Waals surface area contributed by atoms with Gasteiger partial charge in [0.25, 0.3) is 11.8 Å². The molecule has 0 unspecified atom stereocenters. The Morgan fingerprint density at radius 3 is 2.82 bits per heavy atom. The van der Waals surface area contributed by atoms with Gasteiger partial charge < -0.3 is 18.4 Å². The van der Waals surface area contributed by atoms with Crippen molar-refractivity contribution in [3.63, 3.8) is 0 Å². The topological polar surface area (TPSA) is 70.5 Å². The third-order valence-electron chi connectivity index (χ3n) is 3.49. The fourth-order valence-electron chi connectivity index (χ4n) is 2.33. The summed E-state index contributed by atoms with van der Waals surface area (Å²) in [5.41, 5.74) is 0. The minimum absolute atomic E-state index is 0.201. The van der Waals surface area contributed by atoms with Crippen LogP contribution in [0.2, 0.25) is 0 Å². The minimum atomic E-state index is 0.201. The van der Waals surface area contributed by atoms with Gasteiger partial charge in [-0.15, -0.1) is 0 Å². The second kappa shape index (κ2) is 5.65. The number of para-hydroxylation sites is 1. The molecule has 1 atom stereocenters. The maximum atomic E-state index is 5.61. The molecule has 0 radical (unpaired) electrons. The lowest BCUT2D eigenvalue weighted by Crippen LogP contribution is -1.99. The second-order valence-corrected chi connectivity index (χ2v) is 5.05. The van der Waals surface area contributed by atoms with E-state index in [2.05, 4.69) is 10.1 Å². The Balaban J connectivity index is 1.51. The molecule has 6 heteroatoms. The molecule has 1 aliphatic rings. The third kappa shape index (κ3) is 2.60. The van der Waals surface area contributed by atoms with Crippen molar-refractivity contribution < 1.29 is 18.4 Å². The van der Waals surface area contributed by atoms with Gasteiger partial charge in [-0.25, -0.2) is 0 Å². The summed E-state index contributed by atoms with van der Waals surface area (Å²) in [6, 6.07) is 12.9. The van der Waals surface area contributed by atoms with Crippen LogP contribution in [-0.4, -0.2) is 23.4 Å². The van der Waals surface area contributed by atoms with E-state index in [9.17, 15) is 0 Å². The van der Waals surface area contributed by atoms with Gasteiger partial charge in [0.05, 0.1) is 6.61 Å². The predicted molar refractivity (Wildman–Crippen MR) is 76.7 cm³/mol. The molecule has 3 aromatic rings. The molecule has 112 valence electrons. The maximum absolute atomic E-state index is 5.61. The maximum Gasteiger partial charge on any atom is 0.293 e. The lowest BCUT2D eigenvalue weighted by atomic mass is 10.1. The van der Waals surface area contributed by atoms with Gasteiger partial charge in [0.1, 0.15) is 5.75 Å². The second-order valence-electron chi connectivity index (χ2n) is 5.05. The highest BCUT2D eigenvalue weighted by molar-refractivity contribution is 5.45. The van der Waals surface area contributed by atoms with Gasteiger partial charge in [0, 0.05) is 18.6 Å². The van der Waals surface area contributed by atoms with E-state index in [-0.39, 0.29) is 5.92 Å². The van der Waals surface area contributed by atoms with Crippen LogP contribution < -0.4 is 4.74 Å². The van der Waals surface area contributed by atoms with Gasteiger partial charge in [-0.3, -0.25) is 0 Å². The zero-order valence-corrected chi connectivity index (χ0v) is 11.8. The quantitative estimate of drug-likeness (QED) is 0.732. The Labute approximate surface area is 126 Å². The van der Waals surface area contributed by atoms with Crippen molar-refractivity contribution in [3.05, 3.63) is 48.3 Å². The van der Waals surface area contributed by atoms with Gasteiger partial charge >= 0.3 is 0 Å². The van der Waals surface area contributed by atoms with Gasteiger partial charge in [0.15, 0.2) is 11.6 Å². The largest absolute Gasteiger partial charge is 0.426 e. The molecule has 22 heavy (non-hydrogen) atoms. The Kier molecular flexibility index (Phi) is 3.36.